The summed E-state index contributed by atoms with van der Waals surface area (Å²) >= 11 is 0. The van der Waals surface area contributed by atoms with E-state index in [1.165, 1.54) is 6.26 Å². The van der Waals surface area contributed by atoms with Crippen LogP contribution in [0.25, 0.3) is 0 Å². The third kappa shape index (κ3) is 6.68. The number of carbonyl (C=O) groups excluding carboxylic acids is 1. The molecule has 2 rings (SSSR count). The second kappa shape index (κ2) is 7.90. The van der Waals surface area contributed by atoms with Crippen LogP contribution < -0.4 is 10.0 Å². The van der Waals surface area contributed by atoms with Crippen molar-refractivity contribution >= 4 is 21.6 Å². The molecule has 1 aliphatic rings. The van der Waals surface area contributed by atoms with Crippen LogP contribution in [0.3, 0.4) is 0 Å². The summed E-state index contributed by atoms with van der Waals surface area (Å²) in [6.07, 6.45) is 2.98. The second-order valence-corrected chi connectivity index (χ2v) is 8.09. The van der Waals surface area contributed by atoms with Crippen LogP contribution in [-0.4, -0.2) is 51.7 Å². The number of sulfonamides is 1. The molecule has 0 radical (unpaired) electrons. The van der Waals surface area contributed by atoms with Gasteiger partial charge in [-0.1, -0.05) is 17.7 Å². The van der Waals surface area contributed by atoms with E-state index in [0.29, 0.717) is 19.0 Å². The van der Waals surface area contributed by atoms with Crippen LogP contribution in [0.4, 0.5) is 5.69 Å². The Hall–Kier alpha value is -1.44. The molecule has 1 amide bonds. The van der Waals surface area contributed by atoms with Gasteiger partial charge >= 0.3 is 0 Å². The Kier molecular flexibility index (Phi) is 6.15. The number of hydrogen-bond donors (Lipinski definition) is 2. The summed E-state index contributed by atoms with van der Waals surface area (Å²) in [5, 5.41) is 2.90. The van der Waals surface area contributed by atoms with Gasteiger partial charge < -0.3 is 5.32 Å². The van der Waals surface area contributed by atoms with Gasteiger partial charge in [0.05, 0.1) is 12.8 Å². The van der Waals surface area contributed by atoms with Crippen molar-refractivity contribution < 1.29 is 13.2 Å². The third-order valence-electron chi connectivity index (χ3n) is 4.04. The minimum Gasteiger partial charge on any atom is -0.325 e. The van der Waals surface area contributed by atoms with E-state index in [0.717, 1.165) is 37.2 Å². The van der Waals surface area contributed by atoms with Crippen LogP contribution in [0.1, 0.15) is 18.4 Å². The highest BCUT2D eigenvalue weighted by Crippen LogP contribution is 2.16. The molecule has 7 heteroatoms. The molecule has 0 spiro atoms. The van der Waals surface area contributed by atoms with Crippen molar-refractivity contribution in [3.8, 4) is 0 Å². The molecule has 0 aliphatic carbocycles. The predicted molar refractivity (Wildman–Crippen MR) is 91.8 cm³/mol. The average Bonchev–Trinajstić information content (AvgIpc) is 2.48. The fraction of sp³-hybridized carbons (Fsp3) is 0.562. The zero-order valence-corrected chi connectivity index (χ0v) is 14.5. The molecule has 1 aromatic rings. The van der Waals surface area contributed by atoms with Crippen LogP contribution in [0.5, 0.6) is 0 Å². The van der Waals surface area contributed by atoms with Crippen molar-refractivity contribution in [3.63, 3.8) is 0 Å². The SMILES string of the molecule is Cc1ccc(NC(=O)CN2CCC(CNS(C)(=O)=O)CC2)cc1. The molecule has 128 valence electrons. The molecule has 23 heavy (non-hydrogen) atoms. The van der Waals surface area contributed by atoms with E-state index in [-0.39, 0.29) is 5.91 Å². The molecule has 1 aliphatic heterocycles. The van der Waals surface area contributed by atoms with Crippen molar-refractivity contribution in [2.45, 2.75) is 19.8 Å². The highest BCUT2D eigenvalue weighted by molar-refractivity contribution is 7.88. The minimum atomic E-state index is -3.12. The van der Waals surface area contributed by atoms with Crippen LogP contribution >= 0.6 is 0 Å². The smallest absolute Gasteiger partial charge is 0.238 e. The first-order valence-electron chi connectivity index (χ1n) is 7.85. The highest BCUT2D eigenvalue weighted by atomic mass is 32.2. The van der Waals surface area contributed by atoms with Crippen molar-refractivity contribution in [2.75, 3.05) is 37.8 Å². The van der Waals surface area contributed by atoms with E-state index >= 15 is 0 Å². The maximum Gasteiger partial charge on any atom is 0.238 e. The summed E-state index contributed by atoms with van der Waals surface area (Å²) in [7, 11) is -3.12. The first-order valence-corrected chi connectivity index (χ1v) is 9.74. The average molecular weight is 339 g/mol. The van der Waals surface area contributed by atoms with Crippen LogP contribution in [0.15, 0.2) is 24.3 Å². The minimum absolute atomic E-state index is 0.0124. The lowest BCUT2D eigenvalue weighted by molar-refractivity contribution is -0.117. The molecule has 1 saturated heterocycles. The summed E-state index contributed by atoms with van der Waals surface area (Å²) in [6.45, 7) is 4.51. The summed E-state index contributed by atoms with van der Waals surface area (Å²) < 4.78 is 24.8. The van der Waals surface area contributed by atoms with Gasteiger partial charge in [0.2, 0.25) is 15.9 Å². The second-order valence-electron chi connectivity index (χ2n) is 6.25. The van der Waals surface area contributed by atoms with E-state index in [2.05, 4.69) is 14.9 Å². The molecule has 0 unspecified atom stereocenters. The van der Waals surface area contributed by atoms with Crippen LogP contribution in [0.2, 0.25) is 0 Å². The van der Waals surface area contributed by atoms with Crippen LogP contribution in [-0.2, 0) is 14.8 Å². The van der Waals surface area contributed by atoms with Crippen molar-refractivity contribution in [1.82, 2.24) is 9.62 Å². The summed E-state index contributed by atoms with van der Waals surface area (Å²) in [6, 6.07) is 7.73. The number of nitrogens with one attached hydrogen (secondary N) is 2. The molecule has 0 saturated carbocycles. The van der Waals surface area contributed by atoms with Crippen molar-refractivity contribution in [2.24, 2.45) is 5.92 Å². The van der Waals surface area contributed by atoms with E-state index in [1.807, 2.05) is 31.2 Å². The molecule has 2 N–H and O–H groups in total. The van der Waals surface area contributed by atoms with Crippen molar-refractivity contribution in [3.05, 3.63) is 29.8 Å². The number of hydrogen-bond acceptors (Lipinski definition) is 4. The molecule has 1 heterocycles. The van der Waals surface area contributed by atoms with Gasteiger partial charge in [-0.25, -0.2) is 13.1 Å². The van der Waals surface area contributed by atoms with E-state index in [4.69, 9.17) is 0 Å². The summed E-state index contributed by atoms with van der Waals surface area (Å²) in [5.74, 6) is 0.336. The number of rotatable bonds is 6. The number of anilines is 1. The monoisotopic (exact) mass is 339 g/mol. The predicted octanol–water partition coefficient (Wildman–Crippen LogP) is 1.19. The van der Waals surface area contributed by atoms with Gasteiger partial charge in [0.25, 0.3) is 0 Å². The molecule has 1 fully saturated rings. The lowest BCUT2D eigenvalue weighted by atomic mass is 9.97. The zero-order chi connectivity index (χ0) is 16.9. The Balaban J connectivity index is 1.71. The Morgan fingerprint density at radius 3 is 2.39 bits per heavy atom. The van der Waals surface area contributed by atoms with E-state index in [9.17, 15) is 13.2 Å². The Bertz CT molecular complexity index is 620. The zero-order valence-electron chi connectivity index (χ0n) is 13.7. The van der Waals surface area contributed by atoms with Crippen molar-refractivity contribution in [1.29, 1.82) is 0 Å². The molecule has 6 nitrogen and oxygen atoms in total. The van der Waals surface area contributed by atoms with Gasteiger partial charge in [-0.3, -0.25) is 9.69 Å². The van der Waals surface area contributed by atoms with Gasteiger partial charge in [-0.15, -0.1) is 0 Å². The maximum atomic E-state index is 12.1. The van der Waals surface area contributed by atoms with Gasteiger partial charge in [0, 0.05) is 12.2 Å². The van der Waals surface area contributed by atoms with Gasteiger partial charge in [0.1, 0.15) is 0 Å². The fourth-order valence-electron chi connectivity index (χ4n) is 2.66. The Morgan fingerprint density at radius 2 is 1.83 bits per heavy atom. The van der Waals surface area contributed by atoms with Crippen LogP contribution in [0, 0.1) is 12.8 Å². The quantitative estimate of drug-likeness (QED) is 0.816. The number of benzene rings is 1. The number of nitrogens with zero attached hydrogens (tertiary/aromatic N) is 1. The standard InChI is InChI=1S/C16H25N3O3S/c1-13-3-5-15(6-4-13)18-16(20)12-19-9-7-14(8-10-19)11-17-23(2,21)22/h3-6,14,17H,7-12H2,1-2H3,(H,18,20). The molecule has 0 bridgehead atoms. The number of piperidine rings is 1. The topological polar surface area (TPSA) is 78.5 Å². The first kappa shape index (κ1) is 17.9. The normalized spacial score (nSPS) is 17.1. The number of aryl methyl sites for hydroxylation is 1. The van der Waals surface area contributed by atoms with E-state index < -0.39 is 10.0 Å². The molecule has 0 aromatic heterocycles. The Labute approximate surface area is 138 Å². The summed E-state index contributed by atoms with van der Waals surface area (Å²) in [4.78, 5) is 14.2. The fourth-order valence-corrected chi connectivity index (χ4v) is 3.20. The number of likely N-dealkylation sites (tertiary alicyclic amines) is 1. The molecular weight excluding hydrogens is 314 g/mol. The number of carbonyl (C=O) groups is 1. The maximum absolute atomic E-state index is 12.1. The Morgan fingerprint density at radius 1 is 1.22 bits per heavy atom. The lowest BCUT2D eigenvalue weighted by Crippen LogP contribution is -2.41. The molecule has 1 aromatic carbocycles. The van der Waals surface area contributed by atoms with E-state index in [1.54, 1.807) is 0 Å². The first-order chi connectivity index (χ1) is 10.8. The van der Waals surface area contributed by atoms with Gasteiger partial charge in [-0.05, 0) is 50.9 Å². The lowest BCUT2D eigenvalue weighted by Gasteiger charge is -2.31. The molecule has 0 atom stereocenters. The van der Waals surface area contributed by atoms with Gasteiger partial charge in [-0.2, -0.15) is 0 Å². The third-order valence-corrected chi connectivity index (χ3v) is 4.73. The summed E-state index contributed by atoms with van der Waals surface area (Å²) in [5.41, 5.74) is 1.97. The molecular formula is C16H25N3O3S. The highest BCUT2D eigenvalue weighted by Gasteiger charge is 2.21. The van der Waals surface area contributed by atoms with Gasteiger partial charge in [0.15, 0.2) is 0 Å². The largest absolute Gasteiger partial charge is 0.325 e. The number of amides is 1.